The van der Waals surface area contributed by atoms with Gasteiger partial charge in [-0.05, 0) is 76.0 Å². The Hall–Kier alpha value is -1.26. The van der Waals surface area contributed by atoms with Gasteiger partial charge in [0, 0.05) is 43.1 Å². The summed E-state index contributed by atoms with van der Waals surface area (Å²) in [5.41, 5.74) is 7.98. The Morgan fingerprint density at radius 3 is 2.17 bits per heavy atom. The molecule has 1 aromatic rings. The summed E-state index contributed by atoms with van der Waals surface area (Å²) < 4.78 is 0. The lowest BCUT2D eigenvalue weighted by Crippen LogP contribution is -2.59. The number of fused-ring (bicyclic) bond motifs is 3. The predicted octanol–water partition coefficient (Wildman–Crippen LogP) is 2.26. The van der Waals surface area contributed by atoms with Crippen LogP contribution >= 0.6 is 0 Å². The van der Waals surface area contributed by atoms with Gasteiger partial charge < -0.3 is 15.5 Å². The molecule has 1 aromatic carbocycles. The summed E-state index contributed by atoms with van der Waals surface area (Å²) in [6.07, 6.45) is 5.40. The van der Waals surface area contributed by atoms with Crippen molar-refractivity contribution in [2.75, 3.05) is 50.4 Å². The van der Waals surface area contributed by atoms with Gasteiger partial charge in [0.15, 0.2) is 0 Å². The maximum absolute atomic E-state index is 5.80. The minimum absolute atomic E-state index is 0.755. The van der Waals surface area contributed by atoms with E-state index in [2.05, 4.69) is 33.9 Å². The fourth-order valence-electron chi connectivity index (χ4n) is 4.88. The lowest BCUT2D eigenvalue weighted by atomic mass is 9.82. The summed E-state index contributed by atoms with van der Waals surface area (Å²) in [5, 5.41) is 0. The van der Waals surface area contributed by atoms with E-state index in [1.54, 1.807) is 0 Å². The first-order valence-corrected chi connectivity index (χ1v) is 9.25. The fourth-order valence-corrected chi connectivity index (χ4v) is 4.88. The Bertz CT molecular complexity index is 513. The number of nitrogens with two attached hydrogens (primary N) is 1. The van der Waals surface area contributed by atoms with Crippen molar-refractivity contribution in [2.24, 2.45) is 5.92 Å². The number of rotatable bonds is 3. The molecule has 4 aliphatic heterocycles. The monoisotopic (exact) mass is 314 g/mol. The molecule has 0 aliphatic carbocycles. The van der Waals surface area contributed by atoms with Crippen molar-refractivity contribution in [1.29, 1.82) is 0 Å². The summed E-state index contributed by atoms with van der Waals surface area (Å²) in [6.45, 7) is 6.31. The standard InChI is InChI=1S/C19H30N4/c1-21(19-14-22-10-6-15(19)7-11-22)17-8-12-23(13-9-17)18-4-2-16(20)3-5-18/h2-5,15,17,19H,6-14,20H2,1H3. The molecular formula is C19H30N4. The third-order valence-corrected chi connectivity index (χ3v) is 6.44. The van der Waals surface area contributed by atoms with Crippen LogP contribution in [0.2, 0.25) is 0 Å². The van der Waals surface area contributed by atoms with E-state index in [0.717, 1.165) is 23.7 Å². The molecular weight excluding hydrogens is 284 g/mol. The number of piperidine rings is 4. The second kappa shape index (κ2) is 6.33. The summed E-state index contributed by atoms with van der Waals surface area (Å²) in [4.78, 5) is 7.92. The Morgan fingerprint density at radius 1 is 0.957 bits per heavy atom. The number of hydrogen-bond acceptors (Lipinski definition) is 4. The van der Waals surface area contributed by atoms with Gasteiger partial charge in [0.05, 0.1) is 0 Å². The van der Waals surface area contributed by atoms with Crippen LogP contribution in [-0.2, 0) is 0 Å². The minimum atomic E-state index is 0.755. The van der Waals surface area contributed by atoms with Crippen LogP contribution in [0.1, 0.15) is 25.7 Å². The molecule has 2 N–H and O–H groups in total. The molecule has 1 unspecified atom stereocenters. The molecule has 5 rings (SSSR count). The quantitative estimate of drug-likeness (QED) is 0.868. The third-order valence-electron chi connectivity index (χ3n) is 6.44. The number of nitrogen functional groups attached to an aromatic ring is 1. The van der Waals surface area contributed by atoms with Crippen LogP contribution in [0, 0.1) is 5.92 Å². The second-order valence-corrected chi connectivity index (χ2v) is 7.68. The summed E-state index contributed by atoms with van der Waals surface area (Å²) in [5.74, 6) is 0.945. The molecule has 0 amide bonds. The van der Waals surface area contributed by atoms with Crippen molar-refractivity contribution >= 4 is 11.4 Å². The van der Waals surface area contributed by atoms with Crippen molar-refractivity contribution in [3.63, 3.8) is 0 Å². The van der Waals surface area contributed by atoms with E-state index in [1.165, 1.54) is 64.1 Å². The average molecular weight is 314 g/mol. The second-order valence-electron chi connectivity index (χ2n) is 7.68. The molecule has 126 valence electrons. The van der Waals surface area contributed by atoms with Gasteiger partial charge >= 0.3 is 0 Å². The molecule has 4 aliphatic rings. The molecule has 4 nitrogen and oxygen atoms in total. The molecule has 0 radical (unpaired) electrons. The van der Waals surface area contributed by atoms with Gasteiger partial charge in [-0.15, -0.1) is 0 Å². The number of anilines is 2. The maximum atomic E-state index is 5.80. The van der Waals surface area contributed by atoms with E-state index in [4.69, 9.17) is 5.73 Å². The lowest BCUT2D eigenvalue weighted by molar-refractivity contribution is -0.00546. The normalized spacial score (nSPS) is 31.7. The Labute approximate surface area is 140 Å². The largest absolute Gasteiger partial charge is 0.399 e. The van der Waals surface area contributed by atoms with Crippen LogP contribution < -0.4 is 10.6 Å². The van der Waals surface area contributed by atoms with E-state index in [-0.39, 0.29) is 0 Å². The third kappa shape index (κ3) is 3.07. The number of benzene rings is 1. The van der Waals surface area contributed by atoms with E-state index in [1.807, 2.05) is 12.1 Å². The number of hydrogen-bond donors (Lipinski definition) is 1. The molecule has 4 fully saturated rings. The van der Waals surface area contributed by atoms with Gasteiger partial charge in [-0.2, -0.15) is 0 Å². The molecule has 1 atom stereocenters. The van der Waals surface area contributed by atoms with Gasteiger partial charge in [0.25, 0.3) is 0 Å². The molecule has 4 heterocycles. The molecule has 23 heavy (non-hydrogen) atoms. The smallest absolute Gasteiger partial charge is 0.0367 e. The van der Waals surface area contributed by atoms with Crippen LogP contribution in [0.25, 0.3) is 0 Å². The van der Waals surface area contributed by atoms with Gasteiger partial charge in [-0.25, -0.2) is 0 Å². The van der Waals surface area contributed by atoms with Gasteiger partial charge in [-0.1, -0.05) is 0 Å². The SMILES string of the molecule is CN(C1CCN(c2ccc(N)cc2)CC1)C1CN2CCC1CC2. The van der Waals surface area contributed by atoms with Crippen LogP contribution in [0.5, 0.6) is 0 Å². The zero-order valence-corrected chi connectivity index (χ0v) is 14.3. The first-order chi connectivity index (χ1) is 11.2. The van der Waals surface area contributed by atoms with Crippen LogP contribution in [0.15, 0.2) is 24.3 Å². The molecule has 0 aromatic heterocycles. The molecule has 4 heteroatoms. The first kappa shape index (κ1) is 15.3. The van der Waals surface area contributed by atoms with E-state index in [9.17, 15) is 0 Å². The fraction of sp³-hybridized carbons (Fsp3) is 0.684. The van der Waals surface area contributed by atoms with E-state index in [0.29, 0.717) is 0 Å². The van der Waals surface area contributed by atoms with Gasteiger partial charge in [0.1, 0.15) is 0 Å². The maximum Gasteiger partial charge on any atom is 0.0367 e. The predicted molar refractivity (Wildman–Crippen MR) is 96.8 cm³/mol. The molecule has 4 saturated heterocycles. The van der Waals surface area contributed by atoms with Crippen LogP contribution in [0.4, 0.5) is 11.4 Å². The van der Waals surface area contributed by atoms with Crippen molar-refractivity contribution < 1.29 is 0 Å². The van der Waals surface area contributed by atoms with Crippen molar-refractivity contribution in [2.45, 2.75) is 37.8 Å². The number of nitrogens with zero attached hydrogens (tertiary/aromatic N) is 3. The lowest BCUT2D eigenvalue weighted by Gasteiger charge is -2.51. The number of likely N-dealkylation sites (N-methyl/N-ethyl adjacent to an activating group) is 1. The topological polar surface area (TPSA) is 35.7 Å². The highest BCUT2D eigenvalue weighted by molar-refractivity contribution is 5.53. The van der Waals surface area contributed by atoms with Crippen molar-refractivity contribution in [3.05, 3.63) is 24.3 Å². The zero-order chi connectivity index (χ0) is 15.8. The zero-order valence-electron chi connectivity index (χ0n) is 14.3. The molecule has 0 saturated carbocycles. The summed E-state index contributed by atoms with van der Waals surface area (Å²) in [6, 6.07) is 9.90. The Balaban J connectivity index is 1.35. The average Bonchev–Trinajstić information content (AvgIpc) is 2.63. The Kier molecular flexibility index (Phi) is 4.20. The highest BCUT2D eigenvalue weighted by Gasteiger charge is 2.38. The summed E-state index contributed by atoms with van der Waals surface area (Å²) >= 11 is 0. The summed E-state index contributed by atoms with van der Waals surface area (Å²) in [7, 11) is 2.38. The van der Waals surface area contributed by atoms with Gasteiger partial charge in [0.2, 0.25) is 0 Å². The molecule has 0 spiro atoms. The van der Waals surface area contributed by atoms with Crippen molar-refractivity contribution in [3.8, 4) is 0 Å². The highest BCUT2D eigenvalue weighted by atomic mass is 15.3. The van der Waals surface area contributed by atoms with Crippen LogP contribution in [0.3, 0.4) is 0 Å². The van der Waals surface area contributed by atoms with E-state index >= 15 is 0 Å². The minimum Gasteiger partial charge on any atom is -0.399 e. The highest BCUT2D eigenvalue weighted by Crippen LogP contribution is 2.33. The first-order valence-electron chi connectivity index (χ1n) is 9.25. The van der Waals surface area contributed by atoms with E-state index < -0.39 is 0 Å². The van der Waals surface area contributed by atoms with Crippen molar-refractivity contribution in [1.82, 2.24) is 9.80 Å². The molecule has 2 bridgehead atoms. The Morgan fingerprint density at radius 2 is 1.61 bits per heavy atom. The van der Waals surface area contributed by atoms with Gasteiger partial charge in [-0.3, -0.25) is 4.90 Å². The van der Waals surface area contributed by atoms with Crippen LogP contribution in [-0.4, -0.2) is 61.7 Å².